The van der Waals surface area contributed by atoms with Crippen molar-refractivity contribution in [3.8, 4) is 0 Å². The second-order valence-corrected chi connectivity index (χ2v) is 10.3. The molecule has 7 nitrogen and oxygen atoms in total. The monoisotopic (exact) mass is 497 g/mol. The summed E-state index contributed by atoms with van der Waals surface area (Å²) in [5, 5.41) is 2.63. The third kappa shape index (κ3) is 6.89. The quantitative estimate of drug-likeness (QED) is 0.575. The van der Waals surface area contributed by atoms with E-state index in [0.29, 0.717) is 0 Å². The topological polar surface area (TPSA) is 79.0 Å². The predicted molar refractivity (Wildman–Crippen MR) is 127 cm³/mol. The molecule has 0 aromatic heterocycles. The number of sulfonamides is 1. The van der Waals surface area contributed by atoms with Crippen LogP contribution in [0.1, 0.15) is 24.5 Å². The maximum atomic E-state index is 13.6. The zero-order valence-corrected chi connectivity index (χ0v) is 20.3. The summed E-state index contributed by atoms with van der Waals surface area (Å²) in [4.78, 5) is 15.3. The maximum Gasteiger partial charge on any atom is 0.244 e. The van der Waals surface area contributed by atoms with E-state index in [1.165, 1.54) is 12.1 Å². The van der Waals surface area contributed by atoms with Gasteiger partial charge in [-0.25, -0.2) is 12.8 Å². The van der Waals surface area contributed by atoms with Crippen molar-refractivity contribution in [3.05, 3.63) is 64.4 Å². The van der Waals surface area contributed by atoms with Crippen molar-refractivity contribution in [2.45, 2.75) is 32.5 Å². The molecule has 180 valence electrons. The van der Waals surface area contributed by atoms with Crippen LogP contribution in [-0.2, 0) is 32.6 Å². The van der Waals surface area contributed by atoms with Crippen LogP contribution in [0.15, 0.2) is 42.5 Å². The molecule has 2 aromatic carbocycles. The van der Waals surface area contributed by atoms with Gasteiger partial charge in [0.25, 0.3) is 0 Å². The number of anilines is 1. The van der Waals surface area contributed by atoms with Gasteiger partial charge in [-0.1, -0.05) is 42.8 Å². The van der Waals surface area contributed by atoms with E-state index in [0.717, 1.165) is 60.6 Å². The first kappa shape index (κ1) is 25.4. The van der Waals surface area contributed by atoms with Crippen LogP contribution in [0.25, 0.3) is 0 Å². The highest BCUT2D eigenvalue weighted by Crippen LogP contribution is 2.27. The summed E-state index contributed by atoms with van der Waals surface area (Å²) < 4.78 is 45.0. The highest BCUT2D eigenvalue weighted by atomic mass is 35.5. The lowest BCUT2D eigenvalue weighted by Crippen LogP contribution is -2.49. The number of morpholine rings is 1. The number of nitrogens with zero attached hydrogens (tertiary/aromatic N) is 2. The molecule has 10 heteroatoms. The Balaban J connectivity index is 1.71. The van der Waals surface area contributed by atoms with Crippen molar-refractivity contribution in [2.24, 2.45) is 0 Å². The number of halogens is 2. The van der Waals surface area contributed by atoms with Crippen LogP contribution in [-0.4, -0.2) is 57.8 Å². The van der Waals surface area contributed by atoms with E-state index in [9.17, 15) is 17.6 Å². The largest absolute Gasteiger partial charge is 0.379 e. The van der Waals surface area contributed by atoms with E-state index < -0.39 is 27.8 Å². The molecule has 1 heterocycles. The highest BCUT2D eigenvalue weighted by molar-refractivity contribution is 7.92. The second-order valence-electron chi connectivity index (χ2n) is 8.01. The molecule has 33 heavy (non-hydrogen) atoms. The Hall–Kier alpha value is -2.20. The van der Waals surface area contributed by atoms with Gasteiger partial charge >= 0.3 is 0 Å². The van der Waals surface area contributed by atoms with Crippen LogP contribution in [0.4, 0.5) is 10.1 Å². The number of ether oxygens (including phenoxy) is 1. The molecule has 2 aromatic rings. The molecule has 3 rings (SSSR count). The molecule has 1 aliphatic heterocycles. The van der Waals surface area contributed by atoms with Crippen molar-refractivity contribution in [1.29, 1.82) is 0 Å². The average molecular weight is 498 g/mol. The smallest absolute Gasteiger partial charge is 0.244 e. The molecule has 1 atom stereocenters. The van der Waals surface area contributed by atoms with E-state index in [1.54, 1.807) is 6.92 Å². The minimum atomic E-state index is -3.83. The minimum Gasteiger partial charge on any atom is -0.379 e. The van der Waals surface area contributed by atoms with Gasteiger partial charge in [-0.2, -0.15) is 0 Å². The second kappa shape index (κ2) is 11.3. The van der Waals surface area contributed by atoms with Crippen LogP contribution in [0.5, 0.6) is 0 Å². The fourth-order valence-electron chi connectivity index (χ4n) is 3.84. The molecule has 0 bridgehead atoms. The van der Waals surface area contributed by atoms with Gasteiger partial charge in [0.15, 0.2) is 0 Å². The first-order valence-electron chi connectivity index (χ1n) is 10.8. The van der Waals surface area contributed by atoms with Crippen molar-refractivity contribution in [3.63, 3.8) is 0 Å². The summed E-state index contributed by atoms with van der Waals surface area (Å²) in [5.74, 6) is -1.11. The van der Waals surface area contributed by atoms with Crippen LogP contribution in [0, 0.1) is 5.82 Å². The molecule has 0 spiro atoms. The highest BCUT2D eigenvalue weighted by Gasteiger charge is 2.31. The summed E-state index contributed by atoms with van der Waals surface area (Å²) in [6.45, 7) is 6.00. The summed E-state index contributed by atoms with van der Waals surface area (Å²) in [7, 11) is -3.83. The molecule has 1 N–H and O–H groups in total. The number of benzene rings is 2. The number of amides is 1. The Labute approximate surface area is 199 Å². The molecule has 1 aliphatic rings. The van der Waals surface area contributed by atoms with E-state index in [4.69, 9.17) is 16.3 Å². The van der Waals surface area contributed by atoms with Gasteiger partial charge in [-0.3, -0.25) is 14.0 Å². The predicted octanol–water partition coefficient (Wildman–Crippen LogP) is 3.17. The summed E-state index contributed by atoms with van der Waals surface area (Å²) >= 11 is 5.85. The van der Waals surface area contributed by atoms with Crippen molar-refractivity contribution >= 4 is 33.2 Å². The lowest BCUT2D eigenvalue weighted by molar-refractivity contribution is -0.122. The van der Waals surface area contributed by atoms with E-state index in [1.807, 2.05) is 24.3 Å². The Morgan fingerprint density at radius 1 is 1.21 bits per heavy atom. The SMILES string of the molecule is CCC(C(=O)NCc1cccc(CN2CCOCC2)c1)N(c1ccc(F)c(Cl)c1)S(C)(=O)=O. The van der Waals surface area contributed by atoms with Crippen molar-refractivity contribution in [2.75, 3.05) is 36.9 Å². The van der Waals surface area contributed by atoms with E-state index in [2.05, 4.69) is 10.2 Å². The molecule has 1 fully saturated rings. The number of nitrogens with one attached hydrogen (secondary N) is 1. The molecule has 1 amide bonds. The van der Waals surface area contributed by atoms with Crippen molar-refractivity contribution < 1.29 is 22.3 Å². The normalized spacial score (nSPS) is 15.8. The Kier molecular flexibility index (Phi) is 8.69. The zero-order valence-electron chi connectivity index (χ0n) is 18.8. The van der Waals surface area contributed by atoms with Crippen LogP contribution in [0.2, 0.25) is 5.02 Å². The van der Waals surface area contributed by atoms with Gasteiger partial charge in [-0.05, 0) is 35.7 Å². The summed E-state index contributed by atoms with van der Waals surface area (Å²) in [6.07, 6.45) is 1.24. The standard InChI is InChI=1S/C23H29ClFN3O4S/c1-3-22(28(33(2,30)31)19-7-8-21(25)20(24)14-19)23(29)26-15-17-5-4-6-18(13-17)16-27-9-11-32-12-10-27/h4-8,13-14,22H,3,9-12,15-16H2,1-2H3,(H,26,29). The van der Waals surface area contributed by atoms with Crippen LogP contribution < -0.4 is 9.62 Å². The first-order chi connectivity index (χ1) is 15.7. The van der Waals surface area contributed by atoms with Crippen molar-refractivity contribution in [1.82, 2.24) is 10.2 Å². The average Bonchev–Trinajstić information content (AvgIpc) is 2.78. The van der Waals surface area contributed by atoms with Crippen LogP contribution >= 0.6 is 11.6 Å². The Bertz CT molecular complexity index is 1080. The maximum absolute atomic E-state index is 13.6. The fourth-order valence-corrected chi connectivity index (χ4v) is 5.22. The van der Waals surface area contributed by atoms with E-state index in [-0.39, 0.29) is 23.7 Å². The lowest BCUT2D eigenvalue weighted by Gasteiger charge is -2.30. The molecule has 1 saturated heterocycles. The number of hydrogen-bond acceptors (Lipinski definition) is 5. The van der Waals surface area contributed by atoms with Gasteiger partial charge in [0.1, 0.15) is 11.9 Å². The fraction of sp³-hybridized carbons (Fsp3) is 0.435. The van der Waals surface area contributed by atoms with Gasteiger partial charge in [0.05, 0.1) is 30.2 Å². The number of carbonyl (C=O) groups excluding carboxylic acids is 1. The molecule has 0 aliphatic carbocycles. The van der Waals surface area contributed by atoms with E-state index >= 15 is 0 Å². The summed E-state index contributed by atoms with van der Waals surface area (Å²) in [5.41, 5.74) is 2.19. The van der Waals surface area contributed by atoms with Crippen LogP contribution in [0.3, 0.4) is 0 Å². The molecule has 1 unspecified atom stereocenters. The van der Waals surface area contributed by atoms with Gasteiger partial charge < -0.3 is 10.1 Å². The number of rotatable bonds is 9. The minimum absolute atomic E-state index is 0.137. The first-order valence-corrected chi connectivity index (χ1v) is 13.0. The van der Waals surface area contributed by atoms with Gasteiger partial charge in [0, 0.05) is 26.2 Å². The third-order valence-electron chi connectivity index (χ3n) is 5.46. The molecule has 0 radical (unpaired) electrons. The summed E-state index contributed by atoms with van der Waals surface area (Å²) in [6, 6.07) is 10.5. The third-order valence-corrected chi connectivity index (χ3v) is 6.92. The van der Waals surface area contributed by atoms with Gasteiger partial charge in [-0.15, -0.1) is 0 Å². The Morgan fingerprint density at radius 3 is 2.55 bits per heavy atom. The molecular weight excluding hydrogens is 469 g/mol. The zero-order chi connectivity index (χ0) is 24.0. The number of carbonyl (C=O) groups is 1. The lowest BCUT2D eigenvalue weighted by atomic mass is 10.1. The Morgan fingerprint density at radius 2 is 1.91 bits per heavy atom. The number of hydrogen-bond donors (Lipinski definition) is 1. The van der Waals surface area contributed by atoms with Gasteiger partial charge in [0.2, 0.25) is 15.9 Å². The molecular formula is C23H29ClFN3O4S. The molecule has 0 saturated carbocycles.